The number of hydrogen-bond acceptors (Lipinski definition) is 5. The molecule has 0 spiro atoms. The van der Waals surface area contributed by atoms with Gasteiger partial charge < -0.3 is 5.73 Å². The van der Waals surface area contributed by atoms with Gasteiger partial charge in [0.05, 0.1) is 5.56 Å². The molecule has 3 rings (SSSR count). The van der Waals surface area contributed by atoms with Gasteiger partial charge in [-0.3, -0.25) is 0 Å². The fraction of sp³-hybridized carbons (Fsp3) is 0. The molecule has 0 aliphatic heterocycles. The molecule has 0 aliphatic carbocycles. The second kappa shape index (κ2) is 4.82. The van der Waals surface area contributed by atoms with Gasteiger partial charge >= 0.3 is 0 Å². The first kappa shape index (κ1) is 11.9. The highest BCUT2D eigenvalue weighted by molar-refractivity contribution is 5.58. The molecular weight excluding hydrogens is 252 g/mol. The third-order valence-electron chi connectivity index (χ3n) is 2.77. The van der Waals surface area contributed by atoms with Crippen molar-refractivity contribution in [3.63, 3.8) is 0 Å². The van der Waals surface area contributed by atoms with Crippen molar-refractivity contribution >= 4 is 5.69 Å². The molecule has 0 radical (unpaired) electrons. The van der Waals surface area contributed by atoms with E-state index in [1.165, 1.54) is 6.20 Å². The lowest BCUT2D eigenvalue weighted by atomic mass is 10.2. The Balaban J connectivity index is 1.93. The normalized spacial score (nSPS) is 10.2. The van der Waals surface area contributed by atoms with Gasteiger partial charge in [-0.15, -0.1) is 5.10 Å². The van der Waals surface area contributed by atoms with Gasteiger partial charge in [0.2, 0.25) is 0 Å². The van der Waals surface area contributed by atoms with E-state index in [0.29, 0.717) is 22.9 Å². The van der Waals surface area contributed by atoms with Crippen LogP contribution in [0.15, 0.2) is 48.9 Å². The van der Waals surface area contributed by atoms with Crippen LogP contribution in [0.1, 0.15) is 5.56 Å². The summed E-state index contributed by atoms with van der Waals surface area (Å²) in [6.07, 6.45) is 3.08. The van der Waals surface area contributed by atoms with E-state index in [4.69, 9.17) is 11.0 Å². The zero-order valence-electron chi connectivity index (χ0n) is 10.4. The first-order valence-corrected chi connectivity index (χ1v) is 5.90. The van der Waals surface area contributed by atoms with Crippen molar-refractivity contribution in [2.45, 2.75) is 0 Å². The van der Waals surface area contributed by atoms with Gasteiger partial charge in [-0.25, -0.2) is 14.6 Å². The van der Waals surface area contributed by atoms with Crippen molar-refractivity contribution < 1.29 is 0 Å². The molecule has 0 atom stereocenters. The van der Waals surface area contributed by atoms with E-state index < -0.39 is 0 Å². The summed E-state index contributed by atoms with van der Waals surface area (Å²) in [5, 5.41) is 13.1. The van der Waals surface area contributed by atoms with Gasteiger partial charge in [-0.1, -0.05) is 0 Å². The smallest absolute Gasteiger partial charge is 0.181 e. The number of pyridine rings is 1. The Labute approximate surface area is 115 Å². The maximum Gasteiger partial charge on any atom is 0.181 e. The van der Waals surface area contributed by atoms with Crippen LogP contribution in [0.5, 0.6) is 0 Å². The van der Waals surface area contributed by atoms with E-state index in [1.54, 1.807) is 35.3 Å². The minimum absolute atomic E-state index is 0.507. The summed E-state index contributed by atoms with van der Waals surface area (Å²) in [6, 6.07) is 12.8. The molecule has 96 valence electrons. The van der Waals surface area contributed by atoms with Gasteiger partial charge in [0, 0.05) is 17.4 Å². The lowest BCUT2D eigenvalue weighted by Gasteiger charge is -1.99. The minimum atomic E-state index is 0.507. The number of nitrogens with two attached hydrogens (primary N) is 1. The van der Waals surface area contributed by atoms with Crippen molar-refractivity contribution in [2.24, 2.45) is 0 Å². The number of nitriles is 1. The average molecular weight is 262 g/mol. The van der Waals surface area contributed by atoms with Crippen LogP contribution in [0.3, 0.4) is 0 Å². The second-order valence-corrected chi connectivity index (χ2v) is 4.15. The maximum absolute atomic E-state index is 8.74. The van der Waals surface area contributed by atoms with Crippen LogP contribution < -0.4 is 5.73 Å². The maximum atomic E-state index is 8.74. The lowest BCUT2D eigenvalue weighted by Crippen LogP contribution is -1.98. The number of benzene rings is 1. The Kier molecular flexibility index (Phi) is 2.86. The average Bonchev–Trinajstić information content (AvgIpc) is 2.98. The predicted molar refractivity (Wildman–Crippen MR) is 73.7 cm³/mol. The fourth-order valence-electron chi connectivity index (χ4n) is 1.73. The molecule has 0 saturated heterocycles. The van der Waals surface area contributed by atoms with Crippen LogP contribution in [0.2, 0.25) is 0 Å². The van der Waals surface area contributed by atoms with Crippen molar-refractivity contribution in [2.75, 3.05) is 5.73 Å². The Morgan fingerprint density at radius 1 is 1.05 bits per heavy atom. The van der Waals surface area contributed by atoms with E-state index in [1.807, 2.05) is 18.2 Å². The zero-order chi connectivity index (χ0) is 13.9. The predicted octanol–water partition coefficient (Wildman–Crippen LogP) is 1.78. The van der Waals surface area contributed by atoms with Gasteiger partial charge in [0.1, 0.15) is 12.4 Å². The summed E-state index contributed by atoms with van der Waals surface area (Å²) in [6.45, 7) is 0. The molecule has 0 aliphatic rings. The van der Waals surface area contributed by atoms with E-state index in [-0.39, 0.29) is 0 Å². The highest BCUT2D eigenvalue weighted by atomic mass is 15.4. The number of anilines is 1. The second-order valence-electron chi connectivity index (χ2n) is 4.15. The quantitative estimate of drug-likeness (QED) is 0.710. The lowest BCUT2D eigenvalue weighted by molar-refractivity contribution is 0.847. The molecule has 3 aromatic rings. The van der Waals surface area contributed by atoms with E-state index >= 15 is 0 Å². The molecule has 0 fully saturated rings. The van der Waals surface area contributed by atoms with Crippen LogP contribution in [0.25, 0.3) is 17.2 Å². The SMILES string of the molecule is N#Cc1ccc(-n2cnc(-c3ccc(N)cc3)n2)nc1. The summed E-state index contributed by atoms with van der Waals surface area (Å²) in [7, 11) is 0. The van der Waals surface area contributed by atoms with Crippen molar-refractivity contribution in [3.8, 4) is 23.3 Å². The van der Waals surface area contributed by atoms with Crippen LogP contribution >= 0.6 is 0 Å². The molecule has 20 heavy (non-hydrogen) atoms. The minimum Gasteiger partial charge on any atom is -0.399 e. The van der Waals surface area contributed by atoms with E-state index in [2.05, 4.69) is 15.1 Å². The molecule has 0 bridgehead atoms. The summed E-state index contributed by atoms with van der Waals surface area (Å²) in [5.41, 5.74) is 7.73. The number of rotatable bonds is 2. The summed E-state index contributed by atoms with van der Waals surface area (Å²) < 4.78 is 1.56. The Hall–Kier alpha value is -3.20. The molecule has 1 aromatic carbocycles. The topological polar surface area (TPSA) is 93.4 Å². The van der Waals surface area contributed by atoms with Crippen molar-refractivity contribution in [3.05, 3.63) is 54.5 Å². The monoisotopic (exact) mass is 262 g/mol. The Morgan fingerprint density at radius 2 is 1.85 bits per heavy atom. The number of nitrogens with zero attached hydrogens (tertiary/aromatic N) is 5. The fourth-order valence-corrected chi connectivity index (χ4v) is 1.73. The van der Waals surface area contributed by atoms with Crippen LogP contribution in [0, 0.1) is 11.3 Å². The van der Waals surface area contributed by atoms with Gasteiger partial charge in [0.25, 0.3) is 0 Å². The molecule has 6 nitrogen and oxygen atoms in total. The number of aromatic nitrogens is 4. The molecule has 2 heterocycles. The standard InChI is InChI=1S/C14H10N6/c15-7-10-1-6-13(17-8-10)20-9-18-14(19-20)11-2-4-12(16)5-3-11/h1-6,8-9H,16H2. The molecule has 0 unspecified atom stereocenters. The van der Waals surface area contributed by atoms with Crippen molar-refractivity contribution in [1.29, 1.82) is 5.26 Å². The van der Waals surface area contributed by atoms with E-state index in [9.17, 15) is 0 Å². The number of nitrogen functional groups attached to an aromatic ring is 1. The van der Waals surface area contributed by atoms with Crippen LogP contribution in [-0.2, 0) is 0 Å². The molecule has 0 amide bonds. The summed E-state index contributed by atoms with van der Waals surface area (Å²) in [4.78, 5) is 8.40. The Bertz CT molecular complexity index is 765. The Morgan fingerprint density at radius 3 is 2.50 bits per heavy atom. The third-order valence-corrected chi connectivity index (χ3v) is 2.77. The number of hydrogen-bond donors (Lipinski definition) is 1. The largest absolute Gasteiger partial charge is 0.399 e. The third kappa shape index (κ3) is 2.20. The molecule has 2 N–H and O–H groups in total. The highest BCUT2D eigenvalue weighted by Crippen LogP contribution is 2.16. The summed E-state index contributed by atoms with van der Waals surface area (Å²) in [5.74, 6) is 1.20. The first-order valence-electron chi connectivity index (χ1n) is 5.90. The van der Waals surface area contributed by atoms with Crippen LogP contribution in [0.4, 0.5) is 5.69 Å². The molecule has 6 heteroatoms. The van der Waals surface area contributed by atoms with Gasteiger partial charge in [-0.05, 0) is 36.4 Å². The van der Waals surface area contributed by atoms with Crippen LogP contribution in [-0.4, -0.2) is 19.7 Å². The highest BCUT2D eigenvalue weighted by Gasteiger charge is 2.06. The molecule has 0 saturated carbocycles. The molecule has 2 aromatic heterocycles. The van der Waals surface area contributed by atoms with E-state index in [0.717, 1.165) is 5.56 Å². The van der Waals surface area contributed by atoms with Gasteiger partial charge in [-0.2, -0.15) is 5.26 Å². The first-order chi connectivity index (χ1) is 9.76. The molecular formula is C14H10N6. The zero-order valence-corrected chi connectivity index (χ0v) is 10.4. The van der Waals surface area contributed by atoms with Gasteiger partial charge in [0.15, 0.2) is 11.6 Å². The summed E-state index contributed by atoms with van der Waals surface area (Å²) >= 11 is 0. The van der Waals surface area contributed by atoms with Crippen molar-refractivity contribution in [1.82, 2.24) is 19.7 Å².